The van der Waals surface area contributed by atoms with Gasteiger partial charge in [-0.1, -0.05) is 13.3 Å². The van der Waals surface area contributed by atoms with Crippen molar-refractivity contribution in [3.05, 3.63) is 23.4 Å². The molecule has 3 atom stereocenters. The number of nitrogen functional groups attached to an aromatic ring is 1. The van der Waals surface area contributed by atoms with E-state index in [0.29, 0.717) is 17.3 Å². The van der Waals surface area contributed by atoms with Crippen molar-refractivity contribution in [3.8, 4) is 0 Å². The molecule has 0 saturated heterocycles. The lowest BCUT2D eigenvalue weighted by atomic mass is 9.89. The summed E-state index contributed by atoms with van der Waals surface area (Å²) in [6.45, 7) is 2.81. The number of nitrogens with one attached hydrogen (secondary N) is 2. The van der Waals surface area contributed by atoms with E-state index in [1.54, 1.807) is 6.07 Å². The lowest BCUT2D eigenvalue weighted by molar-refractivity contribution is 0.0941. The van der Waals surface area contributed by atoms with Gasteiger partial charge in [-0.25, -0.2) is 10.8 Å². The second-order valence-electron chi connectivity index (χ2n) is 6.38. The average molecular weight is 288 g/mol. The number of anilines is 1. The Morgan fingerprint density at radius 3 is 2.86 bits per heavy atom. The zero-order valence-corrected chi connectivity index (χ0v) is 12.6. The Morgan fingerprint density at radius 2 is 2.24 bits per heavy atom. The first kappa shape index (κ1) is 14.3. The highest BCUT2D eigenvalue weighted by Crippen LogP contribution is 2.47. The van der Waals surface area contributed by atoms with Crippen LogP contribution in [0.1, 0.15) is 48.7 Å². The third-order valence-corrected chi connectivity index (χ3v) is 5.06. The number of rotatable bonds is 5. The van der Waals surface area contributed by atoms with E-state index in [-0.39, 0.29) is 5.91 Å². The van der Waals surface area contributed by atoms with Gasteiger partial charge >= 0.3 is 0 Å². The number of hydrazine groups is 1. The Bertz CT molecular complexity index is 509. The molecule has 2 aliphatic carbocycles. The van der Waals surface area contributed by atoms with E-state index in [4.69, 9.17) is 5.84 Å². The number of nitrogens with two attached hydrogens (primary N) is 1. The number of hydrogen-bond donors (Lipinski definition) is 3. The van der Waals surface area contributed by atoms with Crippen LogP contribution < -0.4 is 16.6 Å². The zero-order valence-electron chi connectivity index (χ0n) is 12.6. The predicted molar refractivity (Wildman–Crippen MR) is 82.7 cm³/mol. The number of hydrogen-bond acceptors (Lipinski definition) is 4. The molecule has 4 N–H and O–H groups in total. The van der Waals surface area contributed by atoms with Gasteiger partial charge in [-0.15, -0.1) is 0 Å². The molecule has 114 valence electrons. The van der Waals surface area contributed by atoms with Crippen molar-refractivity contribution >= 4 is 11.7 Å². The molecule has 1 heterocycles. The van der Waals surface area contributed by atoms with Crippen molar-refractivity contribution < 1.29 is 4.79 Å². The molecule has 5 nitrogen and oxygen atoms in total. The standard InChI is InChI=1S/C16H24N4O/c1-2-14-7-12(8-15(19-14)20-17)16(21)18-9-13-6-10-3-4-11(13)5-10/h7-8,10-11,13H,2-6,9,17H2,1H3,(H,18,21)(H,19,20). The van der Waals surface area contributed by atoms with Crippen LogP contribution in [0, 0.1) is 17.8 Å². The molecule has 3 rings (SSSR count). The van der Waals surface area contributed by atoms with Crippen LogP contribution in [0.4, 0.5) is 5.82 Å². The molecule has 5 heteroatoms. The van der Waals surface area contributed by atoms with E-state index < -0.39 is 0 Å². The van der Waals surface area contributed by atoms with Crippen LogP contribution in [-0.2, 0) is 6.42 Å². The normalized spacial score (nSPS) is 26.9. The molecule has 0 radical (unpaired) electrons. The van der Waals surface area contributed by atoms with Gasteiger partial charge in [0.1, 0.15) is 5.82 Å². The number of aryl methyl sites for hydroxylation is 1. The topological polar surface area (TPSA) is 80.0 Å². The summed E-state index contributed by atoms with van der Waals surface area (Å²) in [6, 6.07) is 3.55. The molecule has 0 aromatic carbocycles. The number of fused-ring (bicyclic) bond motifs is 2. The molecule has 0 aliphatic heterocycles. The van der Waals surface area contributed by atoms with Crippen molar-refractivity contribution in [1.29, 1.82) is 0 Å². The van der Waals surface area contributed by atoms with Crippen molar-refractivity contribution in [2.75, 3.05) is 12.0 Å². The quantitative estimate of drug-likeness (QED) is 0.572. The second-order valence-corrected chi connectivity index (χ2v) is 6.38. The molecule has 3 unspecified atom stereocenters. The summed E-state index contributed by atoms with van der Waals surface area (Å²) in [5.41, 5.74) is 4.03. The number of amides is 1. The van der Waals surface area contributed by atoms with Gasteiger partial charge in [-0.3, -0.25) is 4.79 Å². The molecule has 2 aliphatic rings. The van der Waals surface area contributed by atoms with Gasteiger partial charge in [-0.05, 0) is 55.6 Å². The fourth-order valence-corrected chi connectivity index (χ4v) is 3.93. The highest BCUT2D eigenvalue weighted by molar-refractivity contribution is 5.95. The monoisotopic (exact) mass is 288 g/mol. The molecule has 1 amide bonds. The second kappa shape index (κ2) is 6.02. The molecule has 2 saturated carbocycles. The van der Waals surface area contributed by atoms with Crippen LogP contribution in [0.5, 0.6) is 0 Å². The van der Waals surface area contributed by atoms with Gasteiger partial charge in [0.25, 0.3) is 5.91 Å². The van der Waals surface area contributed by atoms with Gasteiger partial charge in [0.05, 0.1) is 0 Å². The first-order valence-electron chi connectivity index (χ1n) is 7.95. The van der Waals surface area contributed by atoms with E-state index in [2.05, 4.69) is 15.7 Å². The lowest BCUT2D eigenvalue weighted by Crippen LogP contribution is -2.31. The molecule has 21 heavy (non-hydrogen) atoms. The first-order chi connectivity index (χ1) is 10.2. The minimum Gasteiger partial charge on any atom is -0.352 e. The van der Waals surface area contributed by atoms with Crippen LogP contribution in [-0.4, -0.2) is 17.4 Å². The Balaban J connectivity index is 1.62. The van der Waals surface area contributed by atoms with Crippen molar-refractivity contribution in [1.82, 2.24) is 10.3 Å². The molecular formula is C16H24N4O. The summed E-state index contributed by atoms with van der Waals surface area (Å²) < 4.78 is 0. The van der Waals surface area contributed by atoms with Crippen LogP contribution in [0.3, 0.4) is 0 Å². The van der Waals surface area contributed by atoms with Crippen LogP contribution in [0.25, 0.3) is 0 Å². The number of pyridine rings is 1. The van der Waals surface area contributed by atoms with Gasteiger partial charge in [0, 0.05) is 17.8 Å². The molecule has 1 aromatic rings. The average Bonchev–Trinajstić information content (AvgIpc) is 3.14. The molecule has 1 aromatic heterocycles. The van der Waals surface area contributed by atoms with Gasteiger partial charge in [-0.2, -0.15) is 0 Å². The smallest absolute Gasteiger partial charge is 0.251 e. The first-order valence-corrected chi connectivity index (χ1v) is 7.95. The van der Waals surface area contributed by atoms with Crippen molar-refractivity contribution in [3.63, 3.8) is 0 Å². The summed E-state index contributed by atoms with van der Waals surface area (Å²) in [6.07, 6.45) is 6.18. The third kappa shape index (κ3) is 3.02. The molecule has 0 spiro atoms. The van der Waals surface area contributed by atoms with Gasteiger partial charge in [0.2, 0.25) is 0 Å². The fraction of sp³-hybridized carbons (Fsp3) is 0.625. The van der Waals surface area contributed by atoms with Crippen molar-refractivity contribution in [2.24, 2.45) is 23.6 Å². The Hall–Kier alpha value is -1.62. The maximum absolute atomic E-state index is 12.3. The third-order valence-electron chi connectivity index (χ3n) is 5.06. The molecule has 2 fully saturated rings. The largest absolute Gasteiger partial charge is 0.352 e. The fourth-order valence-electron chi connectivity index (χ4n) is 3.93. The lowest BCUT2D eigenvalue weighted by Gasteiger charge is -2.21. The van der Waals surface area contributed by atoms with Crippen LogP contribution in [0.15, 0.2) is 12.1 Å². The van der Waals surface area contributed by atoms with Crippen LogP contribution in [0.2, 0.25) is 0 Å². The predicted octanol–water partition coefficient (Wildman–Crippen LogP) is 2.10. The van der Waals surface area contributed by atoms with E-state index in [1.807, 2.05) is 13.0 Å². The maximum Gasteiger partial charge on any atom is 0.251 e. The SMILES string of the molecule is CCc1cc(C(=O)NCC2CC3CCC2C3)cc(NN)n1. The van der Waals surface area contributed by atoms with Gasteiger partial charge < -0.3 is 10.7 Å². The summed E-state index contributed by atoms with van der Waals surface area (Å²) in [4.78, 5) is 16.6. The Morgan fingerprint density at radius 1 is 1.38 bits per heavy atom. The van der Waals surface area contributed by atoms with Crippen LogP contribution >= 0.6 is 0 Å². The summed E-state index contributed by atoms with van der Waals surface area (Å²) in [5.74, 6) is 8.35. The maximum atomic E-state index is 12.3. The van der Waals surface area contributed by atoms with Crippen molar-refractivity contribution in [2.45, 2.75) is 39.0 Å². The Labute approximate surface area is 125 Å². The molecular weight excluding hydrogens is 264 g/mol. The number of nitrogens with zero attached hydrogens (tertiary/aromatic N) is 1. The summed E-state index contributed by atoms with van der Waals surface area (Å²) in [5, 5.41) is 3.09. The van der Waals surface area contributed by atoms with Gasteiger partial charge in [0.15, 0.2) is 0 Å². The van der Waals surface area contributed by atoms with E-state index in [9.17, 15) is 4.79 Å². The number of aromatic nitrogens is 1. The van der Waals surface area contributed by atoms with E-state index in [1.165, 1.54) is 25.7 Å². The highest BCUT2D eigenvalue weighted by atomic mass is 16.1. The highest BCUT2D eigenvalue weighted by Gasteiger charge is 2.39. The summed E-state index contributed by atoms with van der Waals surface area (Å²) in [7, 11) is 0. The Kier molecular flexibility index (Phi) is 4.10. The zero-order chi connectivity index (χ0) is 14.8. The number of carbonyl (C=O) groups is 1. The summed E-state index contributed by atoms with van der Waals surface area (Å²) >= 11 is 0. The van der Waals surface area contributed by atoms with E-state index >= 15 is 0 Å². The van der Waals surface area contributed by atoms with E-state index in [0.717, 1.165) is 30.5 Å². The number of carbonyl (C=O) groups excluding carboxylic acids is 1. The minimum absolute atomic E-state index is 0.0219. The molecule has 2 bridgehead atoms. The minimum atomic E-state index is -0.0219.